The van der Waals surface area contributed by atoms with Gasteiger partial charge >= 0.3 is 0 Å². The largest absolute Gasteiger partial charge is 0.326 e. The lowest BCUT2D eigenvalue weighted by atomic mass is 10.2. The third-order valence-corrected chi connectivity index (χ3v) is 2.74. The van der Waals surface area contributed by atoms with E-state index in [-0.39, 0.29) is 5.91 Å². The number of alkyl halides is 1. The van der Waals surface area contributed by atoms with Crippen molar-refractivity contribution in [1.82, 2.24) is 9.55 Å². The van der Waals surface area contributed by atoms with Crippen LogP contribution in [0.1, 0.15) is 12.8 Å². The molecule has 2 aromatic rings. The first-order chi connectivity index (χ1) is 8.79. The summed E-state index contributed by atoms with van der Waals surface area (Å²) in [5, 5.41) is 2.85. The molecule has 0 atom stereocenters. The lowest BCUT2D eigenvalue weighted by Crippen LogP contribution is -2.11. The number of aromatic nitrogens is 2. The van der Waals surface area contributed by atoms with E-state index < -0.39 is 0 Å². The number of amides is 1. The van der Waals surface area contributed by atoms with Gasteiger partial charge in [0.05, 0.1) is 6.33 Å². The highest BCUT2D eigenvalue weighted by Crippen LogP contribution is 2.14. The van der Waals surface area contributed by atoms with E-state index in [9.17, 15) is 4.79 Å². The second kappa shape index (κ2) is 6.21. The van der Waals surface area contributed by atoms with Gasteiger partial charge in [-0.05, 0) is 24.6 Å². The summed E-state index contributed by atoms with van der Waals surface area (Å²) in [6, 6.07) is 7.61. The molecule has 4 nitrogen and oxygen atoms in total. The predicted octanol–water partition coefficient (Wildman–Crippen LogP) is 2.83. The van der Waals surface area contributed by atoms with Gasteiger partial charge in [-0.2, -0.15) is 0 Å². The fourth-order valence-corrected chi connectivity index (χ4v) is 1.74. The summed E-state index contributed by atoms with van der Waals surface area (Å²) in [5.74, 6) is 0.487. The molecule has 0 spiro atoms. The summed E-state index contributed by atoms with van der Waals surface area (Å²) in [6.45, 7) is 0. The van der Waals surface area contributed by atoms with Crippen molar-refractivity contribution >= 4 is 23.2 Å². The fraction of sp³-hybridized carbons (Fsp3) is 0.231. The van der Waals surface area contributed by atoms with Crippen LogP contribution in [0.25, 0.3) is 5.69 Å². The number of halogens is 1. The van der Waals surface area contributed by atoms with Crippen LogP contribution in [0.2, 0.25) is 0 Å². The van der Waals surface area contributed by atoms with Gasteiger partial charge in [-0.1, -0.05) is 6.07 Å². The Morgan fingerprint density at radius 1 is 1.44 bits per heavy atom. The molecule has 0 saturated heterocycles. The molecule has 0 aliphatic carbocycles. The van der Waals surface area contributed by atoms with Crippen LogP contribution in [0, 0.1) is 0 Å². The van der Waals surface area contributed by atoms with Crippen molar-refractivity contribution in [2.24, 2.45) is 0 Å². The van der Waals surface area contributed by atoms with Crippen LogP contribution >= 0.6 is 11.6 Å². The molecule has 0 aliphatic heterocycles. The van der Waals surface area contributed by atoms with E-state index >= 15 is 0 Å². The molecule has 1 N–H and O–H groups in total. The van der Waals surface area contributed by atoms with Gasteiger partial charge in [0.2, 0.25) is 5.91 Å². The molecule has 2 rings (SSSR count). The Kier molecular flexibility index (Phi) is 4.36. The van der Waals surface area contributed by atoms with Gasteiger partial charge in [0.1, 0.15) is 0 Å². The first kappa shape index (κ1) is 12.6. The van der Waals surface area contributed by atoms with Crippen LogP contribution in [0.5, 0.6) is 0 Å². The van der Waals surface area contributed by atoms with E-state index in [1.807, 2.05) is 35.0 Å². The minimum absolute atomic E-state index is 0.0153. The lowest BCUT2D eigenvalue weighted by Gasteiger charge is -2.07. The molecule has 18 heavy (non-hydrogen) atoms. The number of rotatable bonds is 5. The minimum Gasteiger partial charge on any atom is -0.326 e. The standard InChI is InChI=1S/C13H14ClN3O/c14-6-2-5-13(18)16-11-3-1-4-12(9-11)17-8-7-15-10-17/h1,3-4,7-10H,2,5-6H2,(H,16,18). The Morgan fingerprint density at radius 2 is 2.33 bits per heavy atom. The number of benzene rings is 1. The Hall–Kier alpha value is -1.81. The third-order valence-electron chi connectivity index (χ3n) is 2.47. The molecule has 1 heterocycles. The van der Waals surface area contributed by atoms with E-state index in [1.165, 1.54) is 0 Å². The van der Waals surface area contributed by atoms with E-state index in [1.54, 1.807) is 12.5 Å². The zero-order chi connectivity index (χ0) is 12.8. The van der Waals surface area contributed by atoms with E-state index in [0.29, 0.717) is 18.7 Å². The van der Waals surface area contributed by atoms with Crippen LogP contribution in [-0.4, -0.2) is 21.3 Å². The molecule has 1 aromatic carbocycles. The number of hydrogen-bond donors (Lipinski definition) is 1. The van der Waals surface area contributed by atoms with Crippen LogP contribution in [0.15, 0.2) is 43.0 Å². The van der Waals surface area contributed by atoms with Gasteiger partial charge in [-0.25, -0.2) is 4.98 Å². The minimum atomic E-state index is -0.0153. The van der Waals surface area contributed by atoms with Crippen molar-refractivity contribution < 1.29 is 4.79 Å². The maximum Gasteiger partial charge on any atom is 0.224 e. The van der Waals surface area contributed by atoms with Crippen molar-refractivity contribution in [3.8, 4) is 5.69 Å². The molecular weight excluding hydrogens is 250 g/mol. The normalized spacial score (nSPS) is 10.3. The summed E-state index contributed by atoms with van der Waals surface area (Å²) in [4.78, 5) is 15.6. The monoisotopic (exact) mass is 263 g/mol. The molecule has 0 bridgehead atoms. The maximum absolute atomic E-state index is 11.6. The topological polar surface area (TPSA) is 46.9 Å². The highest BCUT2D eigenvalue weighted by Gasteiger charge is 2.03. The van der Waals surface area contributed by atoms with Gasteiger partial charge in [0, 0.05) is 36.1 Å². The Bertz CT molecular complexity index is 511. The van der Waals surface area contributed by atoms with Gasteiger partial charge < -0.3 is 9.88 Å². The van der Waals surface area contributed by atoms with Crippen LogP contribution in [0.4, 0.5) is 5.69 Å². The number of nitrogens with one attached hydrogen (secondary N) is 1. The molecule has 0 radical (unpaired) electrons. The molecular formula is C13H14ClN3O. The molecule has 5 heteroatoms. The van der Waals surface area contributed by atoms with E-state index in [0.717, 1.165) is 11.4 Å². The van der Waals surface area contributed by atoms with Crippen LogP contribution < -0.4 is 5.32 Å². The summed E-state index contributed by atoms with van der Waals surface area (Å²) in [6.07, 6.45) is 6.42. The lowest BCUT2D eigenvalue weighted by molar-refractivity contribution is -0.116. The second-order valence-corrected chi connectivity index (χ2v) is 4.24. The first-order valence-corrected chi connectivity index (χ1v) is 6.27. The molecule has 1 aromatic heterocycles. The number of nitrogens with zero attached hydrogens (tertiary/aromatic N) is 2. The molecule has 0 aliphatic rings. The molecule has 0 fully saturated rings. The number of imidazole rings is 1. The number of carbonyl (C=O) groups is 1. The SMILES string of the molecule is O=C(CCCCl)Nc1cccc(-n2ccnc2)c1. The number of hydrogen-bond acceptors (Lipinski definition) is 2. The predicted molar refractivity (Wildman–Crippen MR) is 72.1 cm³/mol. The zero-order valence-electron chi connectivity index (χ0n) is 9.84. The van der Waals surface area contributed by atoms with Crippen LogP contribution in [0.3, 0.4) is 0 Å². The summed E-state index contributed by atoms with van der Waals surface area (Å²) in [7, 11) is 0. The van der Waals surface area contributed by atoms with Crippen molar-refractivity contribution in [2.75, 3.05) is 11.2 Å². The van der Waals surface area contributed by atoms with Crippen molar-refractivity contribution in [1.29, 1.82) is 0 Å². The molecule has 94 valence electrons. The van der Waals surface area contributed by atoms with Gasteiger partial charge in [0.15, 0.2) is 0 Å². The quantitative estimate of drug-likeness (QED) is 0.843. The Morgan fingerprint density at radius 3 is 3.06 bits per heavy atom. The van der Waals surface area contributed by atoms with E-state index in [2.05, 4.69) is 10.3 Å². The zero-order valence-corrected chi connectivity index (χ0v) is 10.6. The highest BCUT2D eigenvalue weighted by molar-refractivity contribution is 6.18. The van der Waals surface area contributed by atoms with Gasteiger partial charge in [-0.15, -0.1) is 11.6 Å². The third kappa shape index (κ3) is 3.34. The second-order valence-electron chi connectivity index (χ2n) is 3.86. The molecule has 0 unspecified atom stereocenters. The molecule has 1 amide bonds. The summed E-state index contributed by atoms with van der Waals surface area (Å²) >= 11 is 5.55. The van der Waals surface area contributed by atoms with Gasteiger partial charge in [-0.3, -0.25) is 4.79 Å². The number of carbonyl (C=O) groups excluding carboxylic acids is 1. The Labute approximate surface area is 111 Å². The average Bonchev–Trinajstić information content (AvgIpc) is 2.90. The summed E-state index contributed by atoms with van der Waals surface area (Å²) < 4.78 is 1.88. The van der Waals surface area contributed by atoms with E-state index in [4.69, 9.17) is 11.6 Å². The molecule has 0 saturated carbocycles. The smallest absolute Gasteiger partial charge is 0.224 e. The highest BCUT2D eigenvalue weighted by atomic mass is 35.5. The Balaban J connectivity index is 2.06. The first-order valence-electron chi connectivity index (χ1n) is 5.74. The summed E-state index contributed by atoms with van der Waals surface area (Å²) in [5.41, 5.74) is 1.74. The maximum atomic E-state index is 11.6. The van der Waals surface area contributed by atoms with Gasteiger partial charge in [0.25, 0.3) is 0 Å². The number of anilines is 1. The van der Waals surface area contributed by atoms with Crippen molar-refractivity contribution in [3.63, 3.8) is 0 Å². The fourth-order valence-electron chi connectivity index (χ4n) is 1.61. The van der Waals surface area contributed by atoms with Crippen LogP contribution in [-0.2, 0) is 4.79 Å². The van der Waals surface area contributed by atoms with Crippen molar-refractivity contribution in [2.45, 2.75) is 12.8 Å². The van der Waals surface area contributed by atoms with Crippen molar-refractivity contribution in [3.05, 3.63) is 43.0 Å². The average molecular weight is 264 g/mol.